The van der Waals surface area contributed by atoms with Crippen molar-refractivity contribution in [3.63, 3.8) is 0 Å². The fraction of sp³-hybridized carbons (Fsp3) is 0.0909. The molecule has 0 aliphatic carbocycles. The largest absolute Gasteiger partial charge is 0.505 e. The average molecular weight is 230 g/mol. The van der Waals surface area contributed by atoms with E-state index < -0.39 is 0 Å². The van der Waals surface area contributed by atoms with E-state index in [1.54, 1.807) is 18.3 Å². The molecule has 2 rings (SSSR count). The second-order valence-corrected chi connectivity index (χ2v) is 3.29. The van der Waals surface area contributed by atoms with Crippen LogP contribution in [0.15, 0.2) is 36.8 Å². The fourth-order valence-corrected chi connectivity index (χ4v) is 1.27. The van der Waals surface area contributed by atoms with Crippen molar-refractivity contribution in [2.75, 3.05) is 0 Å². The summed E-state index contributed by atoms with van der Waals surface area (Å²) in [7, 11) is 0. The van der Waals surface area contributed by atoms with Crippen molar-refractivity contribution in [3.8, 4) is 5.75 Å². The van der Waals surface area contributed by atoms with Gasteiger partial charge in [-0.15, -0.1) is 0 Å². The monoisotopic (exact) mass is 230 g/mol. The number of carbonyl (C=O) groups is 1. The molecular weight excluding hydrogens is 220 g/mol. The molecular formula is C11H10N4O2. The van der Waals surface area contributed by atoms with Gasteiger partial charge in [0.2, 0.25) is 0 Å². The molecule has 6 heteroatoms. The maximum absolute atomic E-state index is 11.7. The molecule has 86 valence electrons. The van der Waals surface area contributed by atoms with E-state index in [9.17, 15) is 9.90 Å². The quantitative estimate of drug-likeness (QED) is 0.801. The lowest BCUT2D eigenvalue weighted by molar-refractivity contribution is 0.0947. The number of pyridine rings is 1. The lowest BCUT2D eigenvalue weighted by Gasteiger charge is -2.05. The van der Waals surface area contributed by atoms with Gasteiger partial charge in [0.05, 0.1) is 24.0 Å². The highest BCUT2D eigenvalue weighted by molar-refractivity contribution is 5.96. The van der Waals surface area contributed by atoms with Crippen molar-refractivity contribution in [2.24, 2.45) is 0 Å². The van der Waals surface area contributed by atoms with Crippen molar-refractivity contribution in [3.05, 3.63) is 48.0 Å². The van der Waals surface area contributed by atoms with Gasteiger partial charge in [-0.1, -0.05) is 0 Å². The number of rotatable bonds is 3. The third-order valence-electron chi connectivity index (χ3n) is 2.10. The summed E-state index contributed by atoms with van der Waals surface area (Å²) < 4.78 is 0. The number of aromatic hydroxyl groups is 1. The molecule has 0 saturated heterocycles. The molecule has 0 spiro atoms. The first-order valence-corrected chi connectivity index (χ1v) is 4.95. The van der Waals surface area contributed by atoms with Crippen LogP contribution in [0.2, 0.25) is 0 Å². The highest BCUT2D eigenvalue weighted by Gasteiger charge is 2.10. The SMILES string of the molecule is O=C(NCc1cccnn1)c1ccncc1O. The van der Waals surface area contributed by atoms with Gasteiger partial charge in [0, 0.05) is 12.4 Å². The van der Waals surface area contributed by atoms with Gasteiger partial charge in [-0.05, 0) is 18.2 Å². The van der Waals surface area contributed by atoms with Crippen LogP contribution in [0.3, 0.4) is 0 Å². The summed E-state index contributed by atoms with van der Waals surface area (Å²) in [6, 6.07) is 4.93. The molecule has 0 bridgehead atoms. The molecule has 17 heavy (non-hydrogen) atoms. The maximum Gasteiger partial charge on any atom is 0.255 e. The Hall–Kier alpha value is -2.50. The number of hydrogen-bond acceptors (Lipinski definition) is 5. The first kappa shape index (κ1) is 11.0. The minimum absolute atomic E-state index is 0.149. The molecule has 1 amide bonds. The summed E-state index contributed by atoms with van der Waals surface area (Å²) >= 11 is 0. The van der Waals surface area contributed by atoms with E-state index in [0.29, 0.717) is 5.69 Å². The first-order valence-electron chi connectivity index (χ1n) is 4.95. The second-order valence-electron chi connectivity index (χ2n) is 3.29. The molecule has 2 aromatic heterocycles. The van der Waals surface area contributed by atoms with Gasteiger partial charge < -0.3 is 10.4 Å². The van der Waals surface area contributed by atoms with E-state index in [0.717, 1.165) is 0 Å². The molecule has 2 N–H and O–H groups in total. The summed E-state index contributed by atoms with van der Waals surface area (Å²) in [4.78, 5) is 15.4. The van der Waals surface area contributed by atoms with E-state index >= 15 is 0 Å². The van der Waals surface area contributed by atoms with Crippen LogP contribution < -0.4 is 5.32 Å². The zero-order valence-electron chi connectivity index (χ0n) is 8.87. The molecule has 0 aromatic carbocycles. The zero-order chi connectivity index (χ0) is 12.1. The number of nitrogens with zero attached hydrogens (tertiary/aromatic N) is 3. The fourth-order valence-electron chi connectivity index (χ4n) is 1.27. The molecule has 0 atom stereocenters. The van der Waals surface area contributed by atoms with Gasteiger partial charge in [-0.2, -0.15) is 10.2 Å². The van der Waals surface area contributed by atoms with Gasteiger partial charge >= 0.3 is 0 Å². The van der Waals surface area contributed by atoms with Gasteiger partial charge in [-0.25, -0.2) is 0 Å². The van der Waals surface area contributed by atoms with Crippen molar-refractivity contribution < 1.29 is 9.90 Å². The van der Waals surface area contributed by atoms with Crippen LogP contribution in [0.1, 0.15) is 16.1 Å². The summed E-state index contributed by atoms with van der Waals surface area (Å²) in [6.45, 7) is 0.258. The van der Waals surface area contributed by atoms with Crippen molar-refractivity contribution >= 4 is 5.91 Å². The van der Waals surface area contributed by atoms with Gasteiger partial charge in [-0.3, -0.25) is 9.78 Å². The van der Waals surface area contributed by atoms with Crippen molar-refractivity contribution in [1.82, 2.24) is 20.5 Å². The average Bonchev–Trinajstić information content (AvgIpc) is 2.38. The van der Waals surface area contributed by atoms with Crippen LogP contribution >= 0.6 is 0 Å². The molecule has 0 aliphatic heterocycles. The summed E-state index contributed by atoms with van der Waals surface area (Å²) in [5, 5.41) is 19.6. The van der Waals surface area contributed by atoms with E-state index in [4.69, 9.17) is 0 Å². The van der Waals surface area contributed by atoms with Crippen LogP contribution in [-0.2, 0) is 6.54 Å². The minimum atomic E-state index is -0.379. The Morgan fingerprint density at radius 3 is 2.94 bits per heavy atom. The maximum atomic E-state index is 11.7. The van der Waals surface area contributed by atoms with Crippen molar-refractivity contribution in [1.29, 1.82) is 0 Å². The summed E-state index contributed by atoms with van der Waals surface area (Å²) in [6.07, 6.45) is 4.22. The smallest absolute Gasteiger partial charge is 0.255 e. The van der Waals surface area contributed by atoms with Crippen LogP contribution in [0.4, 0.5) is 0 Å². The number of amides is 1. The summed E-state index contributed by atoms with van der Waals surface area (Å²) in [5.74, 6) is -0.528. The Morgan fingerprint density at radius 2 is 2.24 bits per heavy atom. The zero-order valence-corrected chi connectivity index (χ0v) is 8.87. The summed E-state index contributed by atoms with van der Waals surface area (Å²) in [5.41, 5.74) is 0.832. The number of hydrogen-bond donors (Lipinski definition) is 2. The topological polar surface area (TPSA) is 88.0 Å². The number of carbonyl (C=O) groups excluding carboxylic acids is 1. The third-order valence-corrected chi connectivity index (χ3v) is 2.10. The molecule has 0 unspecified atom stereocenters. The predicted octanol–water partition coefficient (Wildman–Crippen LogP) is 0.507. The Morgan fingerprint density at radius 1 is 1.35 bits per heavy atom. The Bertz CT molecular complexity index is 516. The molecule has 0 radical (unpaired) electrons. The highest BCUT2D eigenvalue weighted by atomic mass is 16.3. The normalized spacial score (nSPS) is 9.88. The first-order chi connectivity index (χ1) is 8.27. The van der Waals surface area contributed by atoms with E-state index in [2.05, 4.69) is 20.5 Å². The lowest BCUT2D eigenvalue weighted by atomic mass is 10.2. The van der Waals surface area contributed by atoms with Crippen LogP contribution in [0, 0.1) is 0 Å². The molecule has 2 aromatic rings. The lowest BCUT2D eigenvalue weighted by Crippen LogP contribution is -2.23. The Kier molecular flexibility index (Phi) is 3.25. The van der Waals surface area contributed by atoms with Gasteiger partial charge in [0.15, 0.2) is 0 Å². The minimum Gasteiger partial charge on any atom is -0.505 e. The predicted molar refractivity (Wildman–Crippen MR) is 59.1 cm³/mol. The van der Waals surface area contributed by atoms with Crippen LogP contribution in [0.5, 0.6) is 5.75 Å². The molecule has 0 aliphatic rings. The van der Waals surface area contributed by atoms with Crippen LogP contribution in [-0.4, -0.2) is 26.2 Å². The Balaban J connectivity index is 2.01. The van der Waals surface area contributed by atoms with E-state index in [1.165, 1.54) is 18.5 Å². The highest BCUT2D eigenvalue weighted by Crippen LogP contribution is 2.13. The molecule has 2 heterocycles. The number of aromatic nitrogens is 3. The molecule has 0 saturated carbocycles. The van der Waals surface area contributed by atoms with Gasteiger partial charge in [0.25, 0.3) is 5.91 Å². The third kappa shape index (κ3) is 2.75. The van der Waals surface area contributed by atoms with E-state index in [-0.39, 0.29) is 23.8 Å². The molecule has 6 nitrogen and oxygen atoms in total. The van der Waals surface area contributed by atoms with E-state index in [1.807, 2.05) is 0 Å². The van der Waals surface area contributed by atoms with Gasteiger partial charge in [0.1, 0.15) is 5.75 Å². The number of nitrogens with one attached hydrogen (secondary N) is 1. The second kappa shape index (κ2) is 5.02. The van der Waals surface area contributed by atoms with Crippen LogP contribution in [0.25, 0.3) is 0 Å². The standard InChI is InChI=1S/C11H10N4O2/c16-10-7-12-5-3-9(10)11(17)13-6-8-2-1-4-14-15-8/h1-5,7,16H,6H2,(H,13,17). The Labute approximate surface area is 97.4 Å². The molecule has 0 fully saturated rings. The van der Waals surface area contributed by atoms with Crippen molar-refractivity contribution in [2.45, 2.75) is 6.54 Å².